The summed E-state index contributed by atoms with van der Waals surface area (Å²) >= 11 is 37.2. The molecule has 1 atom stereocenters. The van der Waals surface area contributed by atoms with Gasteiger partial charge in [-0.05, 0) is 15.9 Å². The smallest absolute Gasteiger partial charge is 0.175 e. The average molecular weight is 956 g/mol. The molecule has 0 fully saturated rings. The highest BCUT2D eigenvalue weighted by Gasteiger charge is 2.72. The standard InChI is InChI=1S/C5HBr11O/c6-1(3(8,9)10,4(11,12)13)2(7,17)5(14,15)16/h17H. The molecule has 0 rings (SSSR count). The number of alkyl halides is 11. The predicted molar refractivity (Wildman–Crippen MR) is 114 cm³/mol. The highest BCUT2D eigenvalue weighted by atomic mass is 80.0. The maximum atomic E-state index is 10.8. The van der Waals surface area contributed by atoms with Crippen LogP contribution in [0.4, 0.5) is 0 Å². The molecule has 0 spiro atoms. The van der Waals surface area contributed by atoms with Crippen molar-refractivity contribution >= 4 is 175 Å². The zero-order chi connectivity index (χ0) is 14.5. The first-order chi connectivity index (χ1) is 7.00. The van der Waals surface area contributed by atoms with E-state index < -0.39 is 15.3 Å². The van der Waals surface area contributed by atoms with Gasteiger partial charge in [-0.1, -0.05) is 159 Å². The van der Waals surface area contributed by atoms with Crippen molar-refractivity contribution in [3.63, 3.8) is 0 Å². The molecule has 0 radical (unpaired) electrons. The molecule has 0 bridgehead atoms. The number of aliphatic hydroxyl groups is 1. The lowest BCUT2D eigenvalue weighted by Gasteiger charge is -2.52. The van der Waals surface area contributed by atoms with Gasteiger partial charge in [0.15, 0.2) is 10.9 Å². The molecule has 0 amide bonds. The molecule has 0 aliphatic heterocycles. The summed E-state index contributed by atoms with van der Waals surface area (Å²) in [6.07, 6.45) is 0. The van der Waals surface area contributed by atoms with Crippen LogP contribution in [0.15, 0.2) is 0 Å². The average Bonchev–Trinajstić information content (AvgIpc) is 1.95. The number of hydrogen-bond acceptors (Lipinski definition) is 1. The Bertz CT molecular complexity index is 266. The van der Waals surface area contributed by atoms with Gasteiger partial charge in [-0.3, -0.25) is 0 Å². The molecule has 1 unspecified atom stereocenters. The van der Waals surface area contributed by atoms with E-state index in [0.717, 1.165) is 0 Å². The molecule has 0 aliphatic rings. The summed E-state index contributed by atoms with van der Waals surface area (Å²) < 4.78 is -5.45. The molecular weight excluding hydrogens is 955 g/mol. The van der Waals surface area contributed by atoms with Crippen LogP contribution in [0, 0.1) is 0 Å². The molecule has 1 nitrogen and oxygen atoms in total. The molecule has 0 heterocycles. The molecule has 0 saturated heterocycles. The fourth-order valence-corrected chi connectivity index (χ4v) is 10.8. The highest BCUT2D eigenvalue weighted by molar-refractivity contribution is 9.42. The lowest BCUT2D eigenvalue weighted by Crippen LogP contribution is -2.65. The van der Waals surface area contributed by atoms with Crippen molar-refractivity contribution in [3.8, 4) is 0 Å². The topological polar surface area (TPSA) is 20.2 Å². The van der Waals surface area contributed by atoms with Gasteiger partial charge in [0.25, 0.3) is 0 Å². The molecule has 104 valence electrons. The molecule has 0 aromatic heterocycles. The van der Waals surface area contributed by atoms with Gasteiger partial charge in [0.05, 0.1) is 0 Å². The molecular formula is C5HBr11O. The summed E-state index contributed by atoms with van der Waals surface area (Å²) in [6.45, 7) is 0. The van der Waals surface area contributed by atoms with Gasteiger partial charge in [-0.15, -0.1) is 0 Å². The normalized spacial score (nSPS) is 19.1. The number of rotatable bonds is 1. The van der Waals surface area contributed by atoms with E-state index in [1.54, 1.807) is 0 Å². The lowest BCUT2D eigenvalue weighted by molar-refractivity contribution is 0.126. The second-order valence-electron chi connectivity index (χ2n) is 2.77. The summed E-state index contributed by atoms with van der Waals surface area (Å²) in [5.74, 6) is 0. The molecule has 0 aromatic carbocycles. The minimum atomic E-state index is -1.54. The van der Waals surface area contributed by atoms with Gasteiger partial charge in [-0.25, -0.2) is 0 Å². The summed E-state index contributed by atoms with van der Waals surface area (Å²) in [7, 11) is 0. The molecule has 12 heteroatoms. The van der Waals surface area contributed by atoms with E-state index in [0.29, 0.717) is 0 Å². The third kappa shape index (κ3) is 4.62. The third-order valence-corrected chi connectivity index (χ3v) is 15.2. The van der Waals surface area contributed by atoms with Crippen molar-refractivity contribution in [2.45, 2.75) is 15.3 Å². The van der Waals surface area contributed by atoms with Crippen LogP contribution in [0.25, 0.3) is 0 Å². The quantitative estimate of drug-likeness (QED) is 0.268. The van der Waals surface area contributed by atoms with Crippen molar-refractivity contribution in [1.82, 2.24) is 0 Å². The van der Waals surface area contributed by atoms with Crippen molar-refractivity contribution in [1.29, 1.82) is 0 Å². The second kappa shape index (κ2) is 7.01. The molecule has 0 aromatic rings. The van der Waals surface area contributed by atoms with E-state index in [9.17, 15) is 5.11 Å². The van der Waals surface area contributed by atoms with Crippen LogP contribution in [-0.2, 0) is 0 Å². The Morgan fingerprint density at radius 1 is 0.471 bits per heavy atom. The Hall–Kier alpha value is 5.24. The van der Waals surface area contributed by atoms with Crippen molar-refractivity contribution in [3.05, 3.63) is 0 Å². The van der Waals surface area contributed by atoms with Gasteiger partial charge in [-0.2, -0.15) is 0 Å². The SMILES string of the molecule is OC(Br)(C(Br)(Br)Br)C(Br)(C(Br)(Br)Br)C(Br)(Br)Br. The van der Waals surface area contributed by atoms with E-state index >= 15 is 0 Å². The van der Waals surface area contributed by atoms with E-state index in [1.165, 1.54) is 0 Å². The Balaban J connectivity index is 6.04. The summed E-state index contributed by atoms with van der Waals surface area (Å²) in [4.78, 5) is 0. The summed E-state index contributed by atoms with van der Waals surface area (Å²) in [6, 6.07) is 0. The fourth-order valence-electron chi connectivity index (χ4n) is 0.732. The van der Waals surface area contributed by atoms with E-state index in [4.69, 9.17) is 0 Å². The van der Waals surface area contributed by atoms with Crippen molar-refractivity contribution in [2.24, 2.45) is 0 Å². The number of hydrogen-bond donors (Lipinski definition) is 1. The van der Waals surface area contributed by atoms with Crippen LogP contribution in [0.3, 0.4) is 0 Å². The minimum Gasteiger partial charge on any atom is -0.374 e. The second-order valence-corrected chi connectivity index (χ2v) is 25.4. The lowest BCUT2D eigenvalue weighted by atomic mass is 10.1. The minimum absolute atomic E-state index is 0.894. The van der Waals surface area contributed by atoms with Crippen molar-refractivity contribution in [2.75, 3.05) is 0 Å². The van der Waals surface area contributed by atoms with E-state index in [-0.39, 0.29) is 0 Å². The maximum Gasteiger partial charge on any atom is 0.175 e. The zero-order valence-electron chi connectivity index (χ0n) is 7.10. The first kappa shape index (κ1) is 22.2. The Morgan fingerprint density at radius 3 is 0.765 bits per heavy atom. The monoisotopic (exact) mass is 945 g/mol. The van der Waals surface area contributed by atoms with Gasteiger partial charge in [0, 0.05) is 0 Å². The molecule has 17 heavy (non-hydrogen) atoms. The molecule has 0 saturated carbocycles. The number of halogens is 11. The zero-order valence-corrected chi connectivity index (χ0v) is 24.6. The van der Waals surface area contributed by atoms with Gasteiger partial charge < -0.3 is 5.11 Å². The predicted octanol–water partition coefficient (Wildman–Crippen LogP) is 7.72. The van der Waals surface area contributed by atoms with Crippen LogP contribution in [0.1, 0.15) is 0 Å². The van der Waals surface area contributed by atoms with Crippen LogP contribution in [0.5, 0.6) is 0 Å². The van der Waals surface area contributed by atoms with Gasteiger partial charge >= 0.3 is 0 Å². The first-order valence-electron chi connectivity index (χ1n) is 3.30. The van der Waals surface area contributed by atoms with Crippen LogP contribution < -0.4 is 0 Å². The fraction of sp³-hybridized carbons (Fsp3) is 1.00. The molecule has 1 N–H and O–H groups in total. The van der Waals surface area contributed by atoms with Crippen molar-refractivity contribution < 1.29 is 5.11 Å². The third-order valence-electron chi connectivity index (χ3n) is 1.61. The highest BCUT2D eigenvalue weighted by Crippen LogP contribution is 2.71. The largest absolute Gasteiger partial charge is 0.374 e. The van der Waals surface area contributed by atoms with Crippen LogP contribution in [-0.4, -0.2) is 20.4 Å². The Labute approximate surface area is 192 Å². The Kier molecular flexibility index (Phi) is 9.17. The summed E-state index contributed by atoms with van der Waals surface area (Å²) in [5, 5.41) is 10.8. The van der Waals surface area contributed by atoms with Gasteiger partial charge in [0.2, 0.25) is 0 Å². The van der Waals surface area contributed by atoms with Crippen LogP contribution >= 0.6 is 175 Å². The van der Waals surface area contributed by atoms with E-state index in [2.05, 4.69) is 175 Å². The molecule has 0 aliphatic carbocycles. The van der Waals surface area contributed by atoms with Gasteiger partial charge in [0.1, 0.15) is 4.32 Å². The van der Waals surface area contributed by atoms with E-state index in [1.807, 2.05) is 0 Å². The Morgan fingerprint density at radius 2 is 0.706 bits per heavy atom. The van der Waals surface area contributed by atoms with Crippen LogP contribution in [0.2, 0.25) is 0 Å². The maximum absolute atomic E-state index is 10.8. The first-order valence-corrected chi connectivity index (χ1v) is 12.0. The summed E-state index contributed by atoms with van der Waals surface area (Å²) in [5.41, 5.74) is 0.